The van der Waals surface area contributed by atoms with Gasteiger partial charge in [0.2, 0.25) is 12.2 Å². The van der Waals surface area contributed by atoms with Gasteiger partial charge in [0.25, 0.3) is 0 Å². The number of carbonyl (C=O) groups is 3. The van der Waals surface area contributed by atoms with Crippen LogP contribution in [-0.2, 0) is 19.1 Å². The second-order valence-electron chi connectivity index (χ2n) is 6.92. The number of rotatable bonds is 10. The van der Waals surface area contributed by atoms with Crippen LogP contribution in [0.25, 0.3) is 0 Å². The van der Waals surface area contributed by atoms with E-state index < -0.39 is 42.2 Å². The molecule has 0 saturated carbocycles. The number of esters is 1. The van der Waals surface area contributed by atoms with Crippen LogP contribution in [0.15, 0.2) is 30.3 Å². The highest BCUT2D eigenvalue weighted by atomic mass is 16.7. The zero-order chi connectivity index (χ0) is 22.7. The summed E-state index contributed by atoms with van der Waals surface area (Å²) in [5, 5.41) is 19.4. The Morgan fingerprint density at radius 1 is 1.10 bits per heavy atom. The average molecular weight is 421 g/mol. The monoisotopic (exact) mass is 421 g/mol. The van der Waals surface area contributed by atoms with Crippen LogP contribution in [0.3, 0.4) is 0 Å². The van der Waals surface area contributed by atoms with Gasteiger partial charge in [-0.05, 0) is 25.3 Å². The minimum absolute atomic E-state index is 0.289. The zero-order valence-corrected chi connectivity index (χ0v) is 17.9. The Balaban J connectivity index is 2.69. The maximum absolute atomic E-state index is 12.4. The predicted octanol–water partition coefficient (Wildman–Crippen LogP) is 3.31. The number of carboxylic acid groups (broad SMARTS) is 1. The lowest BCUT2D eigenvalue weighted by Gasteiger charge is -2.27. The molecule has 0 aliphatic carbocycles. The van der Waals surface area contributed by atoms with Crippen LogP contribution in [-0.4, -0.2) is 53.4 Å². The van der Waals surface area contributed by atoms with Crippen molar-refractivity contribution in [1.82, 2.24) is 10.2 Å². The summed E-state index contributed by atoms with van der Waals surface area (Å²) < 4.78 is 10.5. The summed E-state index contributed by atoms with van der Waals surface area (Å²) in [6.07, 6.45) is -0.299. The number of amides is 1. The Morgan fingerprint density at radius 2 is 1.70 bits per heavy atom. The molecular formula is C21H31N3O6. The zero-order valence-electron chi connectivity index (χ0n) is 17.9. The molecule has 0 aliphatic heterocycles. The number of carboxylic acids is 1. The van der Waals surface area contributed by atoms with Gasteiger partial charge in [0.15, 0.2) is 0 Å². The first-order chi connectivity index (χ1) is 14.2. The number of likely N-dealkylation sites (N-methyl/N-ethyl adjacent to an activating group) is 1. The van der Waals surface area contributed by atoms with Crippen molar-refractivity contribution in [2.75, 3.05) is 7.05 Å². The minimum Gasteiger partial charge on any atom is -0.480 e. The lowest BCUT2D eigenvalue weighted by atomic mass is 10.0. The summed E-state index contributed by atoms with van der Waals surface area (Å²) in [5.41, 5.74) is 0.779. The van der Waals surface area contributed by atoms with Crippen LogP contribution in [0.5, 0.6) is 0 Å². The second kappa shape index (κ2) is 12.5. The fourth-order valence-corrected chi connectivity index (χ4v) is 2.73. The number of hydrogen-bond acceptors (Lipinski definition) is 6. The molecule has 166 valence electrons. The van der Waals surface area contributed by atoms with Crippen molar-refractivity contribution in [3.05, 3.63) is 35.9 Å². The van der Waals surface area contributed by atoms with Gasteiger partial charge < -0.3 is 19.5 Å². The number of alkyl carbamates (subject to hydrolysis) is 1. The van der Waals surface area contributed by atoms with E-state index >= 15 is 0 Å². The van der Waals surface area contributed by atoms with Gasteiger partial charge in [-0.1, -0.05) is 50.6 Å². The molecule has 30 heavy (non-hydrogen) atoms. The highest BCUT2D eigenvalue weighted by Gasteiger charge is 2.27. The number of nitrogens with zero attached hydrogens (tertiary/aromatic N) is 1. The van der Waals surface area contributed by atoms with Crippen molar-refractivity contribution in [2.24, 2.45) is 0 Å². The van der Waals surface area contributed by atoms with Gasteiger partial charge in [0.05, 0.1) is 5.92 Å². The summed E-state index contributed by atoms with van der Waals surface area (Å²) in [6.45, 7) is 5.38. The third kappa shape index (κ3) is 7.73. The van der Waals surface area contributed by atoms with Crippen LogP contribution in [0.1, 0.15) is 57.9 Å². The van der Waals surface area contributed by atoms with E-state index in [1.807, 2.05) is 32.0 Å². The predicted molar refractivity (Wildman–Crippen MR) is 111 cm³/mol. The molecular weight excluding hydrogens is 390 g/mol. The number of ether oxygens (including phenoxy) is 2. The number of benzene rings is 1. The van der Waals surface area contributed by atoms with E-state index in [-0.39, 0.29) is 6.42 Å². The van der Waals surface area contributed by atoms with Crippen molar-refractivity contribution < 1.29 is 29.0 Å². The Labute approximate surface area is 176 Å². The molecule has 0 fully saturated rings. The van der Waals surface area contributed by atoms with Crippen molar-refractivity contribution in [1.29, 1.82) is 5.41 Å². The highest BCUT2D eigenvalue weighted by molar-refractivity contribution is 5.94. The molecule has 0 saturated heterocycles. The summed E-state index contributed by atoms with van der Waals surface area (Å²) in [7, 11) is 1.40. The van der Waals surface area contributed by atoms with E-state index in [1.165, 1.54) is 7.05 Å². The molecule has 0 spiro atoms. The largest absolute Gasteiger partial charge is 0.480 e. The topological polar surface area (TPSA) is 129 Å². The third-order valence-corrected chi connectivity index (χ3v) is 4.55. The van der Waals surface area contributed by atoms with Crippen LogP contribution >= 0.6 is 0 Å². The lowest BCUT2D eigenvalue weighted by Crippen LogP contribution is -2.50. The molecule has 1 aromatic rings. The molecule has 1 amide bonds. The van der Waals surface area contributed by atoms with E-state index in [1.54, 1.807) is 19.1 Å². The standard InChI is InChI=1S/C21H31N3O6/c1-5-10-16(18(25)26)24(4)20(22)23-21(28)30-17(11-6-2)29-19(27)14(3)15-12-8-7-9-13-15/h7-9,12-14,16-17H,5-6,10-11H2,1-4H3,(H,25,26)(H2,22,23,28). The van der Waals surface area contributed by atoms with Gasteiger partial charge in [-0.2, -0.15) is 0 Å². The molecule has 0 heterocycles. The number of guanidine groups is 1. The fraction of sp³-hybridized carbons (Fsp3) is 0.524. The SMILES string of the molecule is CCCC(OC(=O)NC(=N)N(C)C(CCC)C(=O)O)OC(=O)C(C)c1ccccc1. The maximum Gasteiger partial charge on any atom is 0.417 e. The molecule has 1 rings (SSSR count). The van der Waals surface area contributed by atoms with Crippen LogP contribution in [0.4, 0.5) is 4.79 Å². The minimum atomic E-state index is -1.11. The van der Waals surface area contributed by atoms with Gasteiger partial charge in [-0.3, -0.25) is 15.5 Å². The molecule has 9 heteroatoms. The molecule has 3 unspecified atom stereocenters. The number of hydrogen-bond donors (Lipinski definition) is 3. The molecule has 3 atom stereocenters. The Kier molecular flexibility index (Phi) is 10.4. The van der Waals surface area contributed by atoms with E-state index in [0.29, 0.717) is 19.3 Å². The molecule has 0 bridgehead atoms. The van der Waals surface area contributed by atoms with Crippen LogP contribution in [0, 0.1) is 5.41 Å². The van der Waals surface area contributed by atoms with E-state index in [9.17, 15) is 19.5 Å². The summed E-state index contributed by atoms with van der Waals surface area (Å²) in [4.78, 5) is 37.1. The van der Waals surface area contributed by atoms with Gasteiger partial charge in [-0.25, -0.2) is 9.59 Å². The third-order valence-electron chi connectivity index (χ3n) is 4.55. The first kappa shape index (κ1) is 24.9. The maximum atomic E-state index is 12.4. The van der Waals surface area contributed by atoms with Crippen molar-refractivity contribution in [3.63, 3.8) is 0 Å². The molecule has 0 radical (unpaired) electrons. The highest BCUT2D eigenvalue weighted by Crippen LogP contribution is 2.18. The van der Waals surface area contributed by atoms with Crippen molar-refractivity contribution in [3.8, 4) is 0 Å². The Bertz CT molecular complexity index is 725. The van der Waals surface area contributed by atoms with Crippen molar-refractivity contribution in [2.45, 2.75) is 64.7 Å². The fourth-order valence-electron chi connectivity index (χ4n) is 2.73. The Morgan fingerprint density at radius 3 is 2.23 bits per heavy atom. The summed E-state index contributed by atoms with van der Waals surface area (Å²) in [5.74, 6) is -2.58. The molecule has 0 aromatic heterocycles. The van der Waals surface area contributed by atoms with Crippen molar-refractivity contribution >= 4 is 24.0 Å². The first-order valence-electron chi connectivity index (χ1n) is 9.98. The Hall–Kier alpha value is -3.10. The molecule has 9 nitrogen and oxygen atoms in total. The lowest BCUT2D eigenvalue weighted by molar-refractivity contribution is -0.170. The molecule has 3 N–H and O–H groups in total. The number of carbonyl (C=O) groups excluding carboxylic acids is 2. The van der Waals surface area contributed by atoms with Gasteiger partial charge in [-0.15, -0.1) is 0 Å². The first-order valence-corrected chi connectivity index (χ1v) is 9.98. The summed E-state index contributed by atoms with van der Waals surface area (Å²) in [6, 6.07) is 8.14. The molecule has 1 aromatic carbocycles. The molecule has 0 aliphatic rings. The van der Waals surface area contributed by atoms with E-state index in [0.717, 1.165) is 10.5 Å². The normalized spacial score (nSPS) is 13.5. The average Bonchev–Trinajstić information content (AvgIpc) is 2.71. The quantitative estimate of drug-likeness (QED) is 0.229. The van der Waals surface area contributed by atoms with Gasteiger partial charge >= 0.3 is 18.0 Å². The van der Waals surface area contributed by atoms with Gasteiger partial charge in [0.1, 0.15) is 6.04 Å². The van der Waals surface area contributed by atoms with Crippen LogP contribution < -0.4 is 5.32 Å². The number of aliphatic carboxylic acids is 1. The van der Waals surface area contributed by atoms with Gasteiger partial charge in [0, 0.05) is 13.5 Å². The smallest absolute Gasteiger partial charge is 0.417 e. The van der Waals surface area contributed by atoms with E-state index in [4.69, 9.17) is 14.9 Å². The van der Waals surface area contributed by atoms with E-state index in [2.05, 4.69) is 5.32 Å². The van der Waals surface area contributed by atoms with Crippen LogP contribution in [0.2, 0.25) is 0 Å². The summed E-state index contributed by atoms with van der Waals surface area (Å²) >= 11 is 0. The number of nitrogens with one attached hydrogen (secondary N) is 2. The second-order valence-corrected chi connectivity index (χ2v) is 6.92.